The molecule has 22 heavy (non-hydrogen) atoms. The Morgan fingerprint density at radius 1 is 1.55 bits per heavy atom. The van der Waals surface area contributed by atoms with Gasteiger partial charge in [0.05, 0.1) is 36.8 Å². The minimum Gasteiger partial charge on any atom is -0.497 e. The van der Waals surface area contributed by atoms with E-state index in [0.717, 1.165) is 28.2 Å². The molecule has 5 nitrogen and oxygen atoms in total. The second kappa shape index (κ2) is 5.52. The number of carbonyl (C=O) groups excluding carboxylic acids is 1. The molecule has 0 spiro atoms. The summed E-state index contributed by atoms with van der Waals surface area (Å²) in [5.41, 5.74) is 4.27. The van der Waals surface area contributed by atoms with Crippen molar-refractivity contribution in [2.45, 2.75) is 12.8 Å². The molecule has 3 rings (SSSR count). The van der Waals surface area contributed by atoms with Crippen molar-refractivity contribution in [3.63, 3.8) is 0 Å². The molecule has 0 fully saturated rings. The topological polar surface area (TPSA) is 56.2 Å². The number of amides is 1. The van der Waals surface area contributed by atoms with E-state index in [9.17, 15) is 4.79 Å². The van der Waals surface area contributed by atoms with Gasteiger partial charge in [-0.05, 0) is 17.7 Å². The Balaban J connectivity index is 2.14. The SMILES string of the molecule is C=CC(=C)Cc1cnn2c1CC(=O)Nc1ccc(OC)cc1-2. The average molecular weight is 295 g/mol. The molecule has 1 aliphatic heterocycles. The van der Waals surface area contributed by atoms with Gasteiger partial charge in [-0.1, -0.05) is 24.8 Å². The van der Waals surface area contributed by atoms with Crippen LogP contribution < -0.4 is 10.1 Å². The summed E-state index contributed by atoms with van der Waals surface area (Å²) in [6.45, 7) is 7.66. The highest BCUT2D eigenvalue weighted by Crippen LogP contribution is 2.30. The van der Waals surface area contributed by atoms with Gasteiger partial charge in [0.15, 0.2) is 0 Å². The molecular weight excluding hydrogens is 278 g/mol. The fourth-order valence-corrected chi connectivity index (χ4v) is 2.53. The molecule has 0 bridgehead atoms. The van der Waals surface area contributed by atoms with Crippen molar-refractivity contribution in [2.24, 2.45) is 0 Å². The van der Waals surface area contributed by atoms with Gasteiger partial charge in [-0.2, -0.15) is 5.10 Å². The number of hydrogen-bond acceptors (Lipinski definition) is 3. The fraction of sp³-hybridized carbons (Fsp3) is 0.176. The summed E-state index contributed by atoms with van der Waals surface area (Å²) in [5, 5.41) is 7.35. The summed E-state index contributed by atoms with van der Waals surface area (Å²) < 4.78 is 7.06. The molecule has 1 aromatic heterocycles. The van der Waals surface area contributed by atoms with E-state index in [1.165, 1.54) is 0 Å². The molecule has 2 heterocycles. The Labute approximate surface area is 128 Å². The van der Waals surface area contributed by atoms with Gasteiger partial charge < -0.3 is 10.1 Å². The van der Waals surface area contributed by atoms with Crippen LogP contribution in [0.3, 0.4) is 0 Å². The van der Waals surface area contributed by atoms with E-state index in [1.807, 2.05) is 18.2 Å². The highest BCUT2D eigenvalue weighted by molar-refractivity contribution is 5.95. The molecule has 0 saturated heterocycles. The largest absolute Gasteiger partial charge is 0.497 e. The third-order valence-electron chi connectivity index (χ3n) is 3.70. The van der Waals surface area contributed by atoms with Gasteiger partial charge >= 0.3 is 0 Å². The number of nitrogens with zero attached hydrogens (tertiary/aromatic N) is 2. The molecule has 0 atom stereocenters. The van der Waals surface area contributed by atoms with Crippen LogP contribution in [0.15, 0.2) is 49.2 Å². The zero-order valence-electron chi connectivity index (χ0n) is 12.4. The molecule has 0 saturated carbocycles. The molecule has 5 heteroatoms. The van der Waals surface area contributed by atoms with E-state index in [1.54, 1.807) is 24.1 Å². The first-order valence-electron chi connectivity index (χ1n) is 6.96. The zero-order chi connectivity index (χ0) is 15.7. The molecule has 112 valence electrons. The van der Waals surface area contributed by atoms with E-state index in [2.05, 4.69) is 23.6 Å². The standard InChI is InChI=1S/C17H17N3O2/c1-4-11(2)7-12-10-18-20-15(12)9-17(21)19-14-6-5-13(22-3)8-16(14)20/h4-6,8,10H,1-2,7,9H2,3H3,(H,19,21). The summed E-state index contributed by atoms with van der Waals surface area (Å²) in [6, 6.07) is 5.50. The monoisotopic (exact) mass is 295 g/mol. The van der Waals surface area contributed by atoms with Crippen LogP contribution in [0.5, 0.6) is 5.75 Å². The number of anilines is 1. The Hall–Kier alpha value is -2.82. The van der Waals surface area contributed by atoms with Crippen molar-refractivity contribution in [3.05, 3.63) is 60.5 Å². The number of fused-ring (bicyclic) bond motifs is 3. The van der Waals surface area contributed by atoms with Gasteiger partial charge in [-0.3, -0.25) is 4.79 Å². The van der Waals surface area contributed by atoms with Crippen molar-refractivity contribution < 1.29 is 9.53 Å². The maximum absolute atomic E-state index is 12.1. The van der Waals surface area contributed by atoms with Crippen molar-refractivity contribution in [3.8, 4) is 11.4 Å². The summed E-state index contributed by atoms with van der Waals surface area (Å²) in [4.78, 5) is 12.1. The lowest BCUT2D eigenvalue weighted by atomic mass is 10.1. The Morgan fingerprint density at radius 2 is 2.36 bits per heavy atom. The maximum atomic E-state index is 12.1. The molecule has 1 amide bonds. The molecule has 1 aliphatic rings. The van der Waals surface area contributed by atoms with Gasteiger partial charge in [0, 0.05) is 12.5 Å². The van der Waals surface area contributed by atoms with Crippen molar-refractivity contribution >= 4 is 11.6 Å². The van der Waals surface area contributed by atoms with E-state index < -0.39 is 0 Å². The van der Waals surface area contributed by atoms with Gasteiger partial charge in [-0.25, -0.2) is 4.68 Å². The number of methoxy groups -OCH3 is 1. The second-order valence-electron chi connectivity index (χ2n) is 5.18. The number of nitrogens with one attached hydrogen (secondary N) is 1. The third-order valence-corrected chi connectivity index (χ3v) is 3.70. The minimum atomic E-state index is -0.0591. The van der Waals surface area contributed by atoms with Gasteiger partial charge in [0.25, 0.3) is 0 Å². The van der Waals surface area contributed by atoms with E-state index in [0.29, 0.717) is 12.2 Å². The number of benzene rings is 1. The van der Waals surface area contributed by atoms with Crippen molar-refractivity contribution in [2.75, 3.05) is 12.4 Å². The number of rotatable bonds is 4. The fourth-order valence-electron chi connectivity index (χ4n) is 2.53. The summed E-state index contributed by atoms with van der Waals surface area (Å²) in [5.74, 6) is 0.657. The van der Waals surface area contributed by atoms with Crippen LogP contribution in [-0.2, 0) is 17.6 Å². The van der Waals surface area contributed by atoms with Crippen LogP contribution in [0, 0.1) is 0 Å². The predicted octanol–water partition coefficient (Wildman–Crippen LogP) is 2.66. The Morgan fingerprint density at radius 3 is 3.09 bits per heavy atom. The van der Waals surface area contributed by atoms with E-state index in [4.69, 9.17) is 4.74 Å². The molecule has 1 N–H and O–H groups in total. The Bertz CT molecular complexity index is 774. The number of allylic oxidation sites excluding steroid dienone is 2. The van der Waals surface area contributed by atoms with Gasteiger partial charge in [-0.15, -0.1) is 0 Å². The average Bonchev–Trinajstić information content (AvgIpc) is 2.83. The normalized spacial score (nSPS) is 12.7. The van der Waals surface area contributed by atoms with Crippen LogP contribution in [-0.4, -0.2) is 22.8 Å². The number of ether oxygens (including phenoxy) is 1. The summed E-state index contributed by atoms with van der Waals surface area (Å²) in [6.07, 6.45) is 4.41. The Kier molecular flexibility index (Phi) is 3.55. The number of carbonyl (C=O) groups is 1. The van der Waals surface area contributed by atoms with Crippen molar-refractivity contribution in [1.29, 1.82) is 0 Å². The first kappa shape index (κ1) is 14.1. The predicted molar refractivity (Wildman–Crippen MR) is 85.5 cm³/mol. The number of hydrogen-bond donors (Lipinski definition) is 1. The molecular formula is C17H17N3O2. The summed E-state index contributed by atoms with van der Waals surface area (Å²) in [7, 11) is 1.61. The first-order valence-corrected chi connectivity index (χ1v) is 6.96. The lowest BCUT2D eigenvalue weighted by molar-refractivity contribution is -0.115. The molecule has 0 radical (unpaired) electrons. The van der Waals surface area contributed by atoms with E-state index in [-0.39, 0.29) is 12.3 Å². The minimum absolute atomic E-state index is 0.0591. The van der Waals surface area contributed by atoms with Gasteiger partial charge in [0.1, 0.15) is 5.75 Å². The zero-order valence-corrected chi connectivity index (χ0v) is 12.4. The van der Waals surface area contributed by atoms with Crippen LogP contribution >= 0.6 is 0 Å². The maximum Gasteiger partial charge on any atom is 0.230 e. The molecule has 0 unspecified atom stereocenters. The first-order chi connectivity index (χ1) is 10.6. The van der Waals surface area contributed by atoms with Crippen molar-refractivity contribution in [1.82, 2.24) is 9.78 Å². The number of aromatic nitrogens is 2. The quantitative estimate of drug-likeness (QED) is 0.882. The second-order valence-corrected chi connectivity index (χ2v) is 5.18. The molecule has 0 aliphatic carbocycles. The highest BCUT2D eigenvalue weighted by atomic mass is 16.5. The lowest BCUT2D eigenvalue weighted by Gasteiger charge is -2.10. The lowest BCUT2D eigenvalue weighted by Crippen LogP contribution is -2.13. The molecule has 1 aromatic carbocycles. The van der Waals surface area contributed by atoms with Gasteiger partial charge in [0.2, 0.25) is 5.91 Å². The van der Waals surface area contributed by atoms with E-state index >= 15 is 0 Å². The van der Waals surface area contributed by atoms with Crippen LogP contribution in [0.4, 0.5) is 5.69 Å². The highest BCUT2D eigenvalue weighted by Gasteiger charge is 2.22. The summed E-state index contributed by atoms with van der Waals surface area (Å²) >= 11 is 0. The van der Waals surface area contributed by atoms with Crippen LogP contribution in [0.25, 0.3) is 5.69 Å². The molecule has 2 aromatic rings. The van der Waals surface area contributed by atoms with Crippen LogP contribution in [0.2, 0.25) is 0 Å². The van der Waals surface area contributed by atoms with Crippen LogP contribution in [0.1, 0.15) is 11.3 Å². The smallest absolute Gasteiger partial charge is 0.230 e. The third kappa shape index (κ3) is 2.41.